The molecule has 96 valence electrons. The number of aromatic nitrogens is 1. The third kappa shape index (κ3) is 3.50. The number of hydrogen-bond donors (Lipinski definition) is 1. The van der Waals surface area contributed by atoms with Gasteiger partial charge in [0.1, 0.15) is 5.01 Å². The van der Waals surface area contributed by atoms with Crippen molar-refractivity contribution >= 4 is 11.3 Å². The molecule has 0 unspecified atom stereocenters. The van der Waals surface area contributed by atoms with Crippen molar-refractivity contribution in [2.24, 2.45) is 11.7 Å². The Balaban J connectivity index is 1.81. The van der Waals surface area contributed by atoms with E-state index in [1.807, 2.05) is 11.3 Å². The summed E-state index contributed by atoms with van der Waals surface area (Å²) in [6.07, 6.45) is 3.81. The maximum absolute atomic E-state index is 5.62. The second kappa shape index (κ2) is 5.94. The molecule has 2 N–H and O–H groups in total. The Morgan fingerprint density at radius 2 is 2.06 bits per heavy atom. The molecule has 0 saturated carbocycles. The first-order valence-electron chi connectivity index (χ1n) is 6.54. The third-order valence-electron chi connectivity index (χ3n) is 3.71. The molecule has 1 aliphatic heterocycles. The van der Waals surface area contributed by atoms with E-state index in [1.165, 1.54) is 47.9 Å². The molecule has 1 aromatic heterocycles. The van der Waals surface area contributed by atoms with Gasteiger partial charge < -0.3 is 5.73 Å². The lowest BCUT2D eigenvalue weighted by molar-refractivity contribution is 0.173. The van der Waals surface area contributed by atoms with Crippen LogP contribution >= 0.6 is 11.3 Å². The molecule has 0 bridgehead atoms. The van der Waals surface area contributed by atoms with Crippen molar-refractivity contribution in [2.45, 2.75) is 39.7 Å². The minimum atomic E-state index is 0.843. The van der Waals surface area contributed by atoms with E-state index in [1.54, 1.807) is 0 Å². The van der Waals surface area contributed by atoms with Crippen LogP contribution in [0.1, 0.15) is 34.8 Å². The Morgan fingerprint density at radius 3 is 2.59 bits per heavy atom. The van der Waals surface area contributed by atoms with E-state index in [2.05, 4.69) is 23.7 Å². The van der Waals surface area contributed by atoms with Crippen LogP contribution in [0.15, 0.2) is 0 Å². The molecule has 3 nitrogen and oxygen atoms in total. The van der Waals surface area contributed by atoms with Crippen LogP contribution in [0.3, 0.4) is 0 Å². The van der Waals surface area contributed by atoms with Crippen LogP contribution in [0.2, 0.25) is 0 Å². The second-order valence-corrected chi connectivity index (χ2v) is 6.33. The van der Waals surface area contributed by atoms with E-state index in [0.717, 1.165) is 19.0 Å². The zero-order valence-electron chi connectivity index (χ0n) is 10.9. The highest BCUT2D eigenvalue weighted by Crippen LogP contribution is 2.23. The van der Waals surface area contributed by atoms with Gasteiger partial charge >= 0.3 is 0 Å². The van der Waals surface area contributed by atoms with Crippen molar-refractivity contribution < 1.29 is 0 Å². The Labute approximate surface area is 108 Å². The zero-order valence-corrected chi connectivity index (χ0v) is 11.7. The number of rotatable bonds is 4. The van der Waals surface area contributed by atoms with Crippen LogP contribution in [0.25, 0.3) is 0 Å². The van der Waals surface area contributed by atoms with E-state index in [4.69, 9.17) is 5.73 Å². The number of aryl methyl sites for hydroxylation is 2. The number of likely N-dealkylation sites (tertiary alicyclic amines) is 1. The van der Waals surface area contributed by atoms with Crippen molar-refractivity contribution in [3.05, 3.63) is 15.6 Å². The predicted molar refractivity (Wildman–Crippen MR) is 73.3 cm³/mol. The number of thiazole rings is 1. The third-order valence-corrected chi connectivity index (χ3v) is 4.77. The van der Waals surface area contributed by atoms with Crippen LogP contribution in [0.4, 0.5) is 0 Å². The zero-order chi connectivity index (χ0) is 12.3. The predicted octanol–water partition coefficient (Wildman–Crippen LogP) is 2.32. The summed E-state index contributed by atoms with van der Waals surface area (Å²) in [4.78, 5) is 8.51. The minimum absolute atomic E-state index is 0.843. The normalized spacial score (nSPS) is 18.8. The maximum atomic E-state index is 5.62. The molecule has 1 aliphatic rings. The highest BCUT2D eigenvalue weighted by atomic mass is 32.1. The van der Waals surface area contributed by atoms with E-state index < -0.39 is 0 Å². The highest BCUT2D eigenvalue weighted by Gasteiger charge is 2.19. The van der Waals surface area contributed by atoms with Crippen LogP contribution in [0.5, 0.6) is 0 Å². The fraction of sp³-hybridized carbons (Fsp3) is 0.769. The Hall–Kier alpha value is -0.450. The second-order valence-electron chi connectivity index (χ2n) is 5.05. The molecular formula is C13H23N3S. The van der Waals surface area contributed by atoms with Crippen LogP contribution in [-0.4, -0.2) is 29.5 Å². The molecule has 0 atom stereocenters. The van der Waals surface area contributed by atoms with Gasteiger partial charge in [0.2, 0.25) is 0 Å². The molecular weight excluding hydrogens is 230 g/mol. The lowest BCUT2D eigenvalue weighted by Gasteiger charge is -2.31. The Morgan fingerprint density at radius 1 is 1.35 bits per heavy atom. The summed E-state index contributed by atoms with van der Waals surface area (Å²) >= 11 is 1.85. The first-order chi connectivity index (χ1) is 8.19. The molecule has 17 heavy (non-hydrogen) atoms. The molecule has 0 aromatic carbocycles. The van der Waals surface area contributed by atoms with Gasteiger partial charge in [0.25, 0.3) is 0 Å². The fourth-order valence-electron chi connectivity index (χ4n) is 2.47. The molecule has 0 amide bonds. The first kappa shape index (κ1) is 13.0. The van der Waals surface area contributed by atoms with Gasteiger partial charge in [-0.2, -0.15) is 0 Å². The molecule has 1 saturated heterocycles. The van der Waals surface area contributed by atoms with E-state index >= 15 is 0 Å². The van der Waals surface area contributed by atoms with Crippen molar-refractivity contribution in [3.63, 3.8) is 0 Å². The van der Waals surface area contributed by atoms with Crippen LogP contribution in [-0.2, 0) is 6.54 Å². The summed E-state index contributed by atoms with van der Waals surface area (Å²) in [7, 11) is 0. The quantitative estimate of drug-likeness (QED) is 0.895. The first-order valence-corrected chi connectivity index (χ1v) is 7.36. The summed E-state index contributed by atoms with van der Waals surface area (Å²) in [6, 6.07) is 0. The van der Waals surface area contributed by atoms with E-state index in [9.17, 15) is 0 Å². The average molecular weight is 253 g/mol. The van der Waals surface area contributed by atoms with Gasteiger partial charge in [-0.15, -0.1) is 11.3 Å². The average Bonchev–Trinajstić information content (AvgIpc) is 2.61. The van der Waals surface area contributed by atoms with Crippen LogP contribution in [0, 0.1) is 19.8 Å². The van der Waals surface area contributed by atoms with Gasteiger partial charge in [-0.25, -0.2) is 4.98 Å². The van der Waals surface area contributed by atoms with E-state index in [-0.39, 0.29) is 0 Å². The molecule has 0 spiro atoms. The largest absolute Gasteiger partial charge is 0.330 e. The lowest BCUT2D eigenvalue weighted by atomic mass is 9.94. The summed E-state index contributed by atoms with van der Waals surface area (Å²) in [6.45, 7) is 8.56. The fourth-order valence-corrected chi connectivity index (χ4v) is 3.44. The van der Waals surface area contributed by atoms with Gasteiger partial charge in [0, 0.05) is 4.88 Å². The van der Waals surface area contributed by atoms with Gasteiger partial charge in [-0.05, 0) is 58.7 Å². The van der Waals surface area contributed by atoms with Gasteiger partial charge in [-0.3, -0.25) is 4.90 Å². The van der Waals surface area contributed by atoms with Gasteiger partial charge in [0.05, 0.1) is 12.2 Å². The smallest absolute Gasteiger partial charge is 0.107 e. The lowest BCUT2D eigenvalue weighted by Crippen LogP contribution is -2.33. The summed E-state index contributed by atoms with van der Waals surface area (Å²) in [5.74, 6) is 0.857. The van der Waals surface area contributed by atoms with Crippen molar-refractivity contribution in [1.82, 2.24) is 9.88 Å². The van der Waals surface area contributed by atoms with Crippen molar-refractivity contribution in [3.8, 4) is 0 Å². The van der Waals surface area contributed by atoms with Gasteiger partial charge in [-0.1, -0.05) is 0 Å². The topological polar surface area (TPSA) is 42.2 Å². The molecule has 0 aliphatic carbocycles. The molecule has 0 radical (unpaired) electrons. The molecule has 1 fully saturated rings. The van der Waals surface area contributed by atoms with E-state index in [0.29, 0.717) is 0 Å². The molecule has 2 rings (SSSR count). The standard InChI is InChI=1S/C13H23N3S/c1-10-11(2)17-13(15-10)9-16-7-4-12(3-6-14)5-8-16/h12H,3-9,14H2,1-2H3. The minimum Gasteiger partial charge on any atom is -0.330 e. The monoisotopic (exact) mass is 253 g/mol. The Kier molecular flexibility index (Phi) is 4.54. The van der Waals surface area contributed by atoms with Crippen molar-refractivity contribution in [2.75, 3.05) is 19.6 Å². The Bertz CT molecular complexity index is 334. The highest BCUT2D eigenvalue weighted by molar-refractivity contribution is 7.11. The summed E-state index contributed by atoms with van der Waals surface area (Å²) in [5.41, 5.74) is 6.81. The van der Waals surface area contributed by atoms with Gasteiger partial charge in [0.15, 0.2) is 0 Å². The van der Waals surface area contributed by atoms with Crippen LogP contribution < -0.4 is 5.73 Å². The summed E-state index contributed by atoms with van der Waals surface area (Å²) < 4.78 is 0. The summed E-state index contributed by atoms with van der Waals surface area (Å²) in [5, 5.41) is 1.28. The number of hydrogen-bond acceptors (Lipinski definition) is 4. The maximum Gasteiger partial charge on any atom is 0.107 e. The number of nitrogens with zero attached hydrogens (tertiary/aromatic N) is 2. The van der Waals surface area contributed by atoms with Crippen molar-refractivity contribution in [1.29, 1.82) is 0 Å². The molecule has 4 heteroatoms. The SMILES string of the molecule is Cc1nc(CN2CCC(CCN)CC2)sc1C. The number of nitrogens with two attached hydrogens (primary N) is 1. The molecule has 2 heterocycles. The number of piperidine rings is 1. The molecule has 1 aromatic rings.